The third-order valence-electron chi connectivity index (χ3n) is 3.83. The van der Waals surface area contributed by atoms with Gasteiger partial charge in [0.15, 0.2) is 0 Å². The van der Waals surface area contributed by atoms with Crippen molar-refractivity contribution >= 4 is 17.3 Å². The van der Waals surface area contributed by atoms with Gasteiger partial charge in [-0.15, -0.1) is 0 Å². The fourth-order valence-electron chi connectivity index (χ4n) is 2.35. The lowest BCUT2D eigenvalue weighted by Gasteiger charge is -2.10. The maximum absolute atomic E-state index is 12.2. The summed E-state index contributed by atoms with van der Waals surface area (Å²) in [5.74, 6) is 0.708. The Hall–Kier alpha value is -2.50. The Morgan fingerprint density at radius 1 is 1.33 bits per heavy atom. The van der Waals surface area contributed by atoms with Crippen molar-refractivity contribution in [2.45, 2.75) is 33.6 Å². The molecule has 0 fully saturated rings. The average Bonchev–Trinajstić information content (AvgIpc) is 2.80. The van der Waals surface area contributed by atoms with Crippen LogP contribution in [-0.2, 0) is 11.8 Å². The van der Waals surface area contributed by atoms with Crippen LogP contribution >= 0.6 is 0 Å². The van der Waals surface area contributed by atoms with E-state index in [1.807, 2.05) is 45.2 Å². The molecule has 2 rings (SSSR count). The molecular weight excluding hydrogens is 304 g/mol. The van der Waals surface area contributed by atoms with Crippen molar-refractivity contribution in [3.05, 3.63) is 35.7 Å². The van der Waals surface area contributed by atoms with E-state index in [9.17, 15) is 4.79 Å². The van der Waals surface area contributed by atoms with Crippen LogP contribution in [-0.4, -0.2) is 28.8 Å². The monoisotopic (exact) mass is 330 g/mol. The van der Waals surface area contributed by atoms with Crippen molar-refractivity contribution in [3.8, 4) is 5.75 Å². The third kappa shape index (κ3) is 4.75. The van der Waals surface area contributed by atoms with Gasteiger partial charge in [-0.2, -0.15) is 5.10 Å². The second-order valence-corrected chi connectivity index (χ2v) is 5.80. The zero-order chi connectivity index (χ0) is 17.5. The summed E-state index contributed by atoms with van der Waals surface area (Å²) < 4.78 is 7.43. The van der Waals surface area contributed by atoms with Gasteiger partial charge in [0.1, 0.15) is 5.75 Å². The van der Waals surface area contributed by atoms with Crippen LogP contribution in [0.5, 0.6) is 5.75 Å². The van der Waals surface area contributed by atoms with Crippen molar-refractivity contribution in [2.75, 3.05) is 23.8 Å². The summed E-state index contributed by atoms with van der Waals surface area (Å²) in [4.78, 5) is 12.2. The van der Waals surface area contributed by atoms with Gasteiger partial charge in [0.2, 0.25) is 5.91 Å². The Bertz CT molecular complexity index is 694. The van der Waals surface area contributed by atoms with Crippen LogP contribution in [0.15, 0.2) is 24.3 Å². The largest absolute Gasteiger partial charge is 0.494 e. The van der Waals surface area contributed by atoms with Gasteiger partial charge in [-0.1, -0.05) is 19.4 Å². The molecule has 0 spiro atoms. The topological polar surface area (TPSA) is 68.2 Å². The standard InChI is InChI=1S/C18H26N4O2/c1-5-6-10-24-16-9-7-8-15(11-16)19-12-17(23)20-18-13(2)21-22(4)14(18)3/h7-9,11,19H,5-6,10,12H2,1-4H3,(H,20,23). The van der Waals surface area contributed by atoms with Crippen molar-refractivity contribution in [1.29, 1.82) is 0 Å². The van der Waals surface area contributed by atoms with E-state index in [4.69, 9.17) is 4.74 Å². The van der Waals surface area contributed by atoms with Gasteiger partial charge in [-0.05, 0) is 32.4 Å². The van der Waals surface area contributed by atoms with Crippen LogP contribution in [0.2, 0.25) is 0 Å². The van der Waals surface area contributed by atoms with E-state index >= 15 is 0 Å². The molecule has 0 saturated heterocycles. The number of amides is 1. The number of unbranched alkanes of at least 4 members (excludes halogenated alkanes) is 1. The second-order valence-electron chi connectivity index (χ2n) is 5.80. The molecule has 1 aromatic heterocycles. The van der Waals surface area contributed by atoms with Gasteiger partial charge in [0.05, 0.1) is 30.2 Å². The summed E-state index contributed by atoms with van der Waals surface area (Å²) in [6.07, 6.45) is 2.13. The van der Waals surface area contributed by atoms with Crippen LogP contribution in [0.4, 0.5) is 11.4 Å². The molecule has 6 heteroatoms. The SMILES string of the molecule is CCCCOc1cccc(NCC(=O)Nc2c(C)nn(C)c2C)c1. The molecule has 2 N–H and O–H groups in total. The Kier molecular flexibility index (Phi) is 6.23. The highest BCUT2D eigenvalue weighted by Crippen LogP contribution is 2.19. The molecule has 0 aliphatic heterocycles. The highest BCUT2D eigenvalue weighted by atomic mass is 16.5. The lowest BCUT2D eigenvalue weighted by atomic mass is 10.3. The van der Waals surface area contributed by atoms with Gasteiger partial charge in [0.25, 0.3) is 0 Å². The van der Waals surface area contributed by atoms with Crippen molar-refractivity contribution < 1.29 is 9.53 Å². The van der Waals surface area contributed by atoms with Gasteiger partial charge < -0.3 is 15.4 Å². The zero-order valence-electron chi connectivity index (χ0n) is 14.8. The molecule has 0 bridgehead atoms. The molecule has 0 unspecified atom stereocenters. The van der Waals surface area contributed by atoms with E-state index in [-0.39, 0.29) is 12.5 Å². The lowest BCUT2D eigenvalue weighted by Crippen LogP contribution is -2.22. The van der Waals surface area contributed by atoms with Gasteiger partial charge in [0, 0.05) is 18.8 Å². The molecule has 0 radical (unpaired) electrons. The van der Waals surface area contributed by atoms with Crippen LogP contribution < -0.4 is 15.4 Å². The lowest BCUT2D eigenvalue weighted by molar-refractivity contribution is -0.114. The number of rotatable bonds is 8. The second kappa shape index (κ2) is 8.38. The van der Waals surface area contributed by atoms with E-state index in [1.165, 1.54) is 0 Å². The quantitative estimate of drug-likeness (QED) is 0.729. The number of ether oxygens (including phenoxy) is 1. The first kappa shape index (κ1) is 17.8. The Labute approximate surface area is 143 Å². The molecule has 1 heterocycles. The van der Waals surface area contributed by atoms with Crippen molar-refractivity contribution in [2.24, 2.45) is 7.05 Å². The first-order valence-corrected chi connectivity index (χ1v) is 8.28. The first-order chi connectivity index (χ1) is 11.5. The molecular formula is C18H26N4O2. The summed E-state index contributed by atoms with van der Waals surface area (Å²) >= 11 is 0. The molecule has 0 atom stereocenters. The molecule has 130 valence electrons. The van der Waals surface area contributed by atoms with Gasteiger partial charge in [-0.25, -0.2) is 0 Å². The van der Waals surface area contributed by atoms with E-state index in [0.717, 1.165) is 41.4 Å². The number of nitrogens with zero attached hydrogens (tertiary/aromatic N) is 2. The minimum Gasteiger partial charge on any atom is -0.494 e. The first-order valence-electron chi connectivity index (χ1n) is 8.28. The fraction of sp³-hybridized carbons (Fsp3) is 0.444. The Morgan fingerprint density at radius 2 is 2.12 bits per heavy atom. The Balaban J connectivity index is 1.88. The van der Waals surface area contributed by atoms with E-state index in [2.05, 4.69) is 22.7 Å². The number of benzene rings is 1. The molecule has 0 saturated carbocycles. The number of aryl methyl sites for hydroxylation is 2. The maximum Gasteiger partial charge on any atom is 0.243 e. The molecule has 0 aliphatic rings. The van der Waals surface area contributed by atoms with Crippen LogP contribution in [0.25, 0.3) is 0 Å². The highest BCUT2D eigenvalue weighted by Gasteiger charge is 2.12. The average molecular weight is 330 g/mol. The van der Waals surface area contributed by atoms with E-state index in [0.29, 0.717) is 6.61 Å². The molecule has 2 aromatic rings. The van der Waals surface area contributed by atoms with E-state index < -0.39 is 0 Å². The number of nitrogens with one attached hydrogen (secondary N) is 2. The summed E-state index contributed by atoms with van der Waals surface area (Å²) in [5.41, 5.74) is 3.39. The minimum absolute atomic E-state index is 0.105. The smallest absolute Gasteiger partial charge is 0.243 e. The number of aromatic nitrogens is 2. The fourth-order valence-corrected chi connectivity index (χ4v) is 2.35. The van der Waals surface area contributed by atoms with Gasteiger partial charge in [-0.3, -0.25) is 9.48 Å². The minimum atomic E-state index is -0.105. The maximum atomic E-state index is 12.2. The Morgan fingerprint density at radius 3 is 2.79 bits per heavy atom. The highest BCUT2D eigenvalue weighted by molar-refractivity contribution is 5.94. The number of anilines is 2. The summed E-state index contributed by atoms with van der Waals surface area (Å²) in [7, 11) is 1.86. The predicted molar refractivity (Wildman–Crippen MR) is 96.6 cm³/mol. The summed E-state index contributed by atoms with van der Waals surface area (Å²) in [6, 6.07) is 7.66. The van der Waals surface area contributed by atoms with Crippen molar-refractivity contribution in [1.82, 2.24) is 9.78 Å². The zero-order valence-corrected chi connectivity index (χ0v) is 14.8. The summed E-state index contributed by atoms with van der Waals surface area (Å²) in [6.45, 7) is 6.84. The molecule has 0 aliphatic carbocycles. The predicted octanol–water partition coefficient (Wildman–Crippen LogP) is 3.27. The number of hydrogen-bond donors (Lipinski definition) is 2. The number of carbonyl (C=O) groups excluding carboxylic acids is 1. The molecule has 6 nitrogen and oxygen atoms in total. The third-order valence-corrected chi connectivity index (χ3v) is 3.83. The number of carbonyl (C=O) groups is 1. The molecule has 1 amide bonds. The van der Waals surface area contributed by atoms with Crippen LogP contribution in [0.1, 0.15) is 31.2 Å². The summed E-state index contributed by atoms with van der Waals surface area (Å²) in [5, 5.41) is 10.3. The van der Waals surface area contributed by atoms with Crippen molar-refractivity contribution in [3.63, 3.8) is 0 Å². The van der Waals surface area contributed by atoms with Gasteiger partial charge >= 0.3 is 0 Å². The molecule has 24 heavy (non-hydrogen) atoms. The number of hydrogen-bond acceptors (Lipinski definition) is 4. The van der Waals surface area contributed by atoms with E-state index in [1.54, 1.807) is 4.68 Å². The molecule has 1 aromatic carbocycles. The van der Waals surface area contributed by atoms with Crippen LogP contribution in [0.3, 0.4) is 0 Å². The normalized spacial score (nSPS) is 10.5. The van der Waals surface area contributed by atoms with Crippen LogP contribution in [0, 0.1) is 13.8 Å².